The van der Waals surface area contributed by atoms with E-state index in [0.29, 0.717) is 12.5 Å². The van der Waals surface area contributed by atoms with E-state index in [2.05, 4.69) is 10.6 Å². The molecule has 0 aliphatic heterocycles. The van der Waals surface area contributed by atoms with Crippen LogP contribution in [0.5, 0.6) is 0 Å². The molecule has 2 N–H and O–H groups in total. The van der Waals surface area contributed by atoms with Crippen LogP contribution in [0.4, 0.5) is 9.18 Å². The molecule has 5 heteroatoms. The Balaban J connectivity index is 1.69. The lowest BCUT2D eigenvalue weighted by molar-refractivity contribution is 0.0527. The normalized spacial score (nSPS) is 16.0. The molecule has 23 heavy (non-hydrogen) atoms. The minimum absolute atomic E-state index is 0.204. The van der Waals surface area contributed by atoms with Crippen molar-refractivity contribution in [1.82, 2.24) is 10.6 Å². The molecular weight excluding hydrogens is 295 g/mol. The van der Waals surface area contributed by atoms with Gasteiger partial charge in [-0.3, -0.25) is 0 Å². The summed E-state index contributed by atoms with van der Waals surface area (Å²) < 4.78 is 18.2. The van der Waals surface area contributed by atoms with Crippen molar-refractivity contribution in [1.29, 1.82) is 0 Å². The number of alkyl carbamates (subject to hydrolysis) is 1. The Morgan fingerprint density at radius 3 is 2.48 bits per heavy atom. The maximum Gasteiger partial charge on any atom is 0.407 e. The van der Waals surface area contributed by atoms with E-state index >= 15 is 0 Å². The van der Waals surface area contributed by atoms with Crippen LogP contribution in [0, 0.1) is 11.7 Å². The number of amides is 1. The van der Waals surface area contributed by atoms with Gasteiger partial charge in [0.1, 0.15) is 11.4 Å². The number of carbonyl (C=O) groups excluding carboxylic acids is 1. The van der Waals surface area contributed by atoms with Gasteiger partial charge in [0.2, 0.25) is 0 Å². The topological polar surface area (TPSA) is 50.4 Å². The van der Waals surface area contributed by atoms with Crippen LogP contribution in [0.3, 0.4) is 0 Å². The first-order valence-electron chi connectivity index (χ1n) is 8.31. The van der Waals surface area contributed by atoms with E-state index in [1.54, 1.807) is 0 Å². The second kappa shape index (κ2) is 7.77. The Morgan fingerprint density at radius 1 is 1.26 bits per heavy atom. The third-order valence-corrected chi connectivity index (χ3v) is 3.71. The zero-order chi connectivity index (χ0) is 16.9. The number of nitrogens with one attached hydrogen (secondary N) is 2. The Bertz CT molecular complexity index is 507. The Labute approximate surface area is 137 Å². The summed E-state index contributed by atoms with van der Waals surface area (Å²) in [7, 11) is 0. The monoisotopic (exact) mass is 322 g/mol. The maximum absolute atomic E-state index is 13.0. The summed E-state index contributed by atoms with van der Waals surface area (Å²) in [6.07, 6.45) is 2.87. The number of benzene rings is 1. The number of hydrogen-bond donors (Lipinski definition) is 2. The lowest BCUT2D eigenvalue weighted by Gasteiger charge is -2.20. The molecule has 0 saturated heterocycles. The van der Waals surface area contributed by atoms with E-state index in [0.717, 1.165) is 18.5 Å². The average molecular weight is 322 g/mol. The third kappa shape index (κ3) is 6.57. The van der Waals surface area contributed by atoms with Crippen LogP contribution in [0.15, 0.2) is 24.3 Å². The molecule has 1 fully saturated rings. The third-order valence-electron chi connectivity index (χ3n) is 3.71. The molecular formula is C18H27FN2O2. The molecule has 0 aromatic heterocycles. The summed E-state index contributed by atoms with van der Waals surface area (Å²) in [5, 5.41) is 6.28. The second-order valence-electron chi connectivity index (χ2n) is 7.10. The number of ether oxygens (including phenoxy) is 1. The van der Waals surface area contributed by atoms with Crippen LogP contribution in [-0.2, 0) is 4.74 Å². The first-order valence-corrected chi connectivity index (χ1v) is 8.31. The van der Waals surface area contributed by atoms with Crippen molar-refractivity contribution in [2.45, 2.75) is 51.7 Å². The average Bonchev–Trinajstić information content (AvgIpc) is 3.27. The van der Waals surface area contributed by atoms with Gasteiger partial charge in [0.15, 0.2) is 0 Å². The molecule has 0 heterocycles. The van der Waals surface area contributed by atoms with Crippen molar-refractivity contribution < 1.29 is 13.9 Å². The molecule has 1 unspecified atom stereocenters. The van der Waals surface area contributed by atoms with E-state index in [4.69, 9.17) is 4.74 Å². The SMILES string of the molecule is CC(C)(C)OC(=O)NCCCNC(c1ccc(F)cc1)C1CC1. The summed E-state index contributed by atoms with van der Waals surface area (Å²) in [6, 6.07) is 7.00. The highest BCUT2D eigenvalue weighted by molar-refractivity contribution is 5.67. The summed E-state index contributed by atoms with van der Waals surface area (Å²) >= 11 is 0. The van der Waals surface area contributed by atoms with Crippen molar-refractivity contribution >= 4 is 6.09 Å². The highest BCUT2D eigenvalue weighted by Gasteiger charge is 2.31. The zero-order valence-corrected chi connectivity index (χ0v) is 14.2. The largest absolute Gasteiger partial charge is 0.444 e. The maximum atomic E-state index is 13.0. The van der Waals surface area contributed by atoms with Crippen LogP contribution in [0.2, 0.25) is 0 Å². The van der Waals surface area contributed by atoms with Gasteiger partial charge >= 0.3 is 6.09 Å². The lowest BCUT2D eigenvalue weighted by atomic mass is 10.0. The first kappa shape index (κ1) is 17.7. The highest BCUT2D eigenvalue weighted by atomic mass is 19.1. The van der Waals surface area contributed by atoms with Crippen LogP contribution in [-0.4, -0.2) is 24.8 Å². The van der Waals surface area contributed by atoms with Gasteiger partial charge in [-0.25, -0.2) is 9.18 Å². The van der Waals surface area contributed by atoms with Crippen molar-refractivity contribution in [3.8, 4) is 0 Å². The Kier molecular flexibility index (Phi) is 5.99. The van der Waals surface area contributed by atoms with Crippen LogP contribution in [0.25, 0.3) is 0 Å². The lowest BCUT2D eigenvalue weighted by Crippen LogP contribution is -2.34. The molecule has 1 aromatic rings. The molecule has 0 spiro atoms. The smallest absolute Gasteiger partial charge is 0.407 e. The minimum atomic E-state index is -0.470. The van der Waals surface area contributed by atoms with Crippen molar-refractivity contribution in [3.63, 3.8) is 0 Å². The molecule has 0 radical (unpaired) electrons. The Morgan fingerprint density at radius 2 is 1.91 bits per heavy atom. The van der Waals surface area contributed by atoms with Gasteiger partial charge < -0.3 is 15.4 Å². The summed E-state index contributed by atoms with van der Waals surface area (Å²) in [6.45, 7) is 6.91. The van der Waals surface area contributed by atoms with Crippen molar-refractivity contribution in [2.75, 3.05) is 13.1 Å². The van der Waals surface area contributed by atoms with Crippen LogP contribution >= 0.6 is 0 Å². The fourth-order valence-corrected chi connectivity index (χ4v) is 2.51. The fourth-order valence-electron chi connectivity index (χ4n) is 2.51. The molecule has 1 aliphatic rings. The zero-order valence-electron chi connectivity index (χ0n) is 14.2. The highest BCUT2D eigenvalue weighted by Crippen LogP contribution is 2.40. The molecule has 1 aromatic carbocycles. The van der Waals surface area contributed by atoms with Gasteiger partial charge in [0.05, 0.1) is 0 Å². The predicted octanol–water partition coefficient (Wildman–Crippen LogP) is 3.78. The number of rotatable bonds is 7. The van der Waals surface area contributed by atoms with Gasteiger partial charge in [-0.15, -0.1) is 0 Å². The van der Waals surface area contributed by atoms with Crippen molar-refractivity contribution in [3.05, 3.63) is 35.6 Å². The number of carbonyl (C=O) groups is 1. The molecule has 1 atom stereocenters. The molecule has 1 aliphatic carbocycles. The number of hydrogen-bond acceptors (Lipinski definition) is 3. The quantitative estimate of drug-likeness (QED) is 0.751. The van der Waals surface area contributed by atoms with Gasteiger partial charge in [0.25, 0.3) is 0 Å². The van der Waals surface area contributed by atoms with E-state index in [1.807, 2.05) is 32.9 Å². The van der Waals surface area contributed by atoms with Gasteiger partial charge in [-0.1, -0.05) is 12.1 Å². The molecule has 2 rings (SSSR count). The van der Waals surface area contributed by atoms with E-state index in [9.17, 15) is 9.18 Å². The summed E-state index contributed by atoms with van der Waals surface area (Å²) in [4.78, 5) is 11.5. The van der Waals surface area contributed by atoms with Gasteiger partial charge in [-0.05, 0) is 70.2 Å². The molecule has 1 saturated carbocycles. The summed E-state index contributed by atoms with van der Waals surface area (Å²) in [5.41, 5.74) is 0.663. The van der Waals surface area contributed by atoms with E-state index in [1.165, 1.54) is 25.0 Å². The first-order chi connectivity index (χ1) is 10.8. The molecule has 1 amide bonds. The predicted molar refractivity (Wildman–Crippen MR) is 88.7 cm³/mol. The van der Waals surface area contributed by atoms with Gasteiger partial charge in [0, 0.05) is 12.6 Å². The van der Waals surface area contributed by atoms with E-state index < -0.39 is 5.60 Å². The number of halogens is 1. The minimum Gasteiger partial charge on any atom is -0.444 e. The van der Waals surface area contributed by atoms with Crippen LogP contribution in [0.1, 0.15) is 51.6 Å². The fraction of sp³-hybridized carbons (Fsp3) is 0.611. The molecule has 128 valence electrons. The van der Waals surface area contributed by atoms with Crippen LogP contribution < -0.4 is 10.6 Å². The second-order valence-corrected chi connectivity index (χ2v) is 7.10. The molecule has 4 nitrogen and oxygen atoms in total. The standard InChI is InChI=1S/C18H27FN2O2/c1-18(2,3)23-17(22)21-12-4-11-20-16(13-5-6-13)14-7-9-15(19)10-8-14/h7-10,13,16,20H,4-6,11-12H2,1-3H3,(H,21,22). The van der Waals surface area contributed by atoms with Crippen molar-refractivity contribution in [2.24, 2.45) is 5.92 Å². The molecule has 0 bridgehead atoms. The van der Waals surface area contributed by atoms with E-state index in [-0.39, 0.29) is 18.0 Å². The summed E-state index contributed by atoms with van der Waals surface area (Å²) in [5.74, 6) is 0.434. The Hall–Kier alpha value is -1.62. The van der Waals surface area contributed by atoms with Gasteiger partial charge in [-0.2, -0.15) is 0 Å².